The summed E-state index contributed by atoms with van der Waals surface area (Å²) in [5, 5.41) is 8.82. The number of rotatable bonds is 3. The lowest BCUT2D eigenvalue weighted by molar-refractivity contribution is -0.139. The normalized spacial score (nSPS) is 31.3. The van der Waals surface area contributed by atoms with Crippen LogP contribution in [0.25, 0.3) is 0 Å². The second-order valence-electron chi connectivity index (χ2n) is 4.58. The molecule has 1 atom stereocenters. The van der Waals surface area contributed by atoms with Crippen LogP contribution in [0.2, 0.25) is 0 Å². The van der Waals surface area contributed by atoms with Crippen molar-refractivity contribution < 1.29 is 19.4 Å². The molecule has 0 bridgehead atoms. The summed E-state index contributed by atoms with van der Waals surface area (Å²) < 4.78 is 4.96. The molecule has 1 unspecified atom stereocenters. The van der Waals surface area contributed by atoms with Crippen molar-refractivity contribution in [3.63, 3.8) is 0 Å². The molecule has 1 amide bonds. The molecule has 0 aromatic carbocycles. The smallest absolute Gasteiger partial charge is 0.410 e. The van der Waals surface area contributed by atoms with E-state index in [9.17, 15) is 9.59 Å². The van der Waals surface area contributed by atoms with Crippen LogP contribution in [-0.4, -0.2) is 40.3 Å². The number of cyclic esters (lactones) is 1. The summed E-state index contributed by atoms with van der Waals surface area (Å²) in [5.41, 5.74) is -0.659. The van der Waals surface area contributed by atoms with Gasteiger partial charge in [-0.25, -0.2) is 4.79 Å². The molecule has 1 saturated carbocycles. The Balaban J connectivity index is 2.15. The van der Waals surface area contributed by atoms with Gasteiger partial charge in [-0.05, 0) is 26.2 Å². The van der Waals surface area contributed by atoms with Gasteiger partial charge in [-0.2, -0.15) is 0 Å². The van der Waals surface area contributed by atoms with Crippen LogP contribution in [0.3, 0.4) is 0 Å². The summed E-state index contributed by atoms with van der Waals surface area (Å²) >= 11 is 0. The summed E-state index contributed by atoms with van der Waals surface area (Å²) in [7, 11) is 0. The van der Waals surface area contributed by atoms with E-state index in [1.807, 2.05) is 0 Å². The van der Waals surface area contributed by atoms with Gasteiger partial charge in [0.25, 0.3) is 0 Å². The zero-order valence-corrected chi connectivity index (χ0v) is 8.73. The van der Waals surface area contributed by atoms with Gasteiger partial charge in [-0.3, -0.25) is 9.69 Å². The number of amides is 1. The highest BCUT2D eigenvalue weighted by Crippen LogP contribution is 2.36. The van der Waals surface area contributed by atoms with Crippen molar-refractivity contribution in [3.8, 4) is 0 Å². The van der Waals surface area contributed by atoms with E-state index in [0.29, 0.717) is 0 Å². The number of nitrogens with zero attached hydrogens (tertiary/aromatic N) is 1. The fourth-order valence-electron chi connectivity index (χ4n) is 2.27. The number of hydrogen-bond donors (Lipinski definition) is 1. The van der Waals surface area contributed by atoms with Crippen molar-refractivity contribution in [1.29, 1.82) is 0 Å². The fourth-order valence-corrected chi connectivity index (χ4v) is 2.27. The summed E-state index contributed by atoms with van der Waals surface area (Å²) in [5.74, 6) is -0.889. The van der Waals surface area contributed by atoms with E-state index < -0.39 is 11.5 Å². The molecule has 1 aliphatic carbocycles. The summed E-state index contributed by atoms with van der Waals surface area (Å²) in [6, 6.07) is 0.185. The first kappa shape index (κ1) is 10.3. The molecule has 0 aromatic heterocycles. The molecule has 2 fully saturated rings. The highest BCUT2D eigenvalue weighted by molar-refractivity contribution is 5.75. The average molecular weight is 213 g/mol. The third-order valence-electron chi connectivity index (χ3n) is 3.26. The highest BCUT2D eigenvalue weighted by Gasteiger charge is 2.49. The standard InChI is InChI=1S/C10H15NO4/c1-10(5-8(12)13)6-15-9(14)11(10)7-3-2-4-7/h7H,2-6H2,1H3,(H,12,13). The minimum absolute atomic E-state index is 0.0464. The molecule has 0 radical (unpaired) electrons. The van der Waals surface area contributed by atoms with E-state index in [4.69, 9.17) is 9.84 Å². The fraction of sp³-hybridized carbons (Fsp3) is 0.800. The second kappa shape index (κ2) is 3.40. The van der Waals surface area contributed by atoms with Gasteiger partial charge in [0.15, 0.2) is 0 Å². The Bertz CT molecular complexity index is 300. The molecule has 2 rings (SSSR count). The van der Waals surface area contributed by atoms with Gasteiger partial charge >= 0.3 is 12.1 Å². The number of carbonyl (C=O) groups is 2. The Morgan fingerprint density at radius 2 is 2.33 bits per heavy atom. The Morgan fingerprint density at radius 3 is 2.80 bits per heavy atom. The van der Waals surface area contributed by atoms with Gasteiger partial charge in [0.2, 0.25) is 0 Å². The number of ether oxygens (including phenoxy) is 1. The summed E-state index contributed by atoms with van der Waals surface area (Å²) in [6.07, 6.45) is 2.63. The monoisotopic (exact) mass is 213 g/mol. The molecule has 1 heterocycles. The zero-order valence-electron chi connectivity index (χ0n) is 8.73. The lowest BCUT2D eigenvalue weighted by atomic mass is 9.86. The van der Waals surface area contributed by atoms with Crippen LogP contribution in [0.1, 0.15) is 32.6 Å². The molecule has 1 saturated heterocycles. The Kier molecular flexibility index (Phi) is 2.32. The third-order valence-corrected chi connectivity index (χ3v) is 3.26. The van der Waals surface area contributed by atoms with Crippen molar-refractivity contribution in [1.82, 2.24) is 4.90 Å². The van der Waals surface area contributed by atoms with Gasteiger partial charge in [0.05, 0.1) is 12.0 Å². The average Bonchev–Trinajstić information content (AvgIpc) is 2.28. The quantitative estimate of drug-likeness (QED) is 0.765. The first-order valence-electron chi connectivity index (χ1n) is 5.21. The maximum atomic E-state index is 11.5. The number of carbonyl (C=O) groups excluding carboxylic acids is 1. The predicted molar refractivity (Wildman–Crippen MR) is 51.5 cm³/mol. The topological polar surface area (TPSA) is 66.8 Å². The summed E-state index contributed by atoms with van der Waals surface area (Å²) in [4.78, 5) is 23.9. The van der Waals surface area contributed by atoms with Crippen LogP contribution in [0.4, 0.5) is 4.79 Å². The lowest BCUT2D eigenvalue weighted by Crippen LogP contribution is -2.53. The van der Waals surface area contributed by atoms with E-state index in [2.05, 4.69) is 0 Å². The van der Waals surface area contributed by atoms with Crippen molar-refractivity contribution >= 4 is 12.1 Å². The molecule has 0 spiro atoms. The van der Waals surface area contributed by atoms with Crippen molar-refractivity contribution in [2.75, 3.05) is 6.61 Å². The van der Waals surface area contributed by atoms with Crippen LogP contribution in [0, 0.1) is 0 Å². The van der Waals surface area contributed by atoms with Crippen molar-refractivity contribution in [2.24, 2.45) is 0 Å². The van der Waals surface area contributed by atoms with E-state index in [1.165, 1.54) is 0 Å². The van der Waals surface area contributed by atoms with E-state index in [1.54, 1.807) is 11.8 Å². The minimum atomic E-state index is -0.889. The van der Waals surface area contributed by atoms with Crippen LogP contribution in [-0.2, 0) is 9.53 Å². The number of carboxylic acids is 1. The summed E-state index contributed by atoms with van der Waals surface area (Å²) in [6.45, 7) is 1.97. The largest absolute Gasteiger partial charge is 0.481 e. The molecular formula is C10H15NO4. The highest BCUT2D eigenvalue weighted by atomic mass is 16.6. The second-order valence-corrected chi connectivity index (χ2v) is 4.58. The van der Waals surface area contributed by atoms with Gasteiger partial charge < -0.3 is 9.84 Å². The van der Waals surface area contributed by atoms with Crippen molar-refractivity contribution in [2.45, 2.75) is 44.2 Å². The zero-order chi connectivity index (χ0) is 11.1. The molecule has 15 heavy (non-hydrogen) atoms. The van der Waals surface area contributed by atoms with E-state index in [0.717, 1.165) is 19.3 Å². The van der Waals surface area contributed by atoms with Gasteiger partial charge in [-0.15, -0.1) is 0 Å². The molecular weight excluding hydrogens is 198 g/mol. The number of hydrogen-bond acceptors (Lipinski definition) is 3. The predicted octanol–water partition coefficient (Wildman–Crippen LogP) is 1.22. The van der Waals surface area contributed by atoms with Gasteiger partial charge in [-0.1, -0.05) is 0 Å². The molecule has 5 heteroatoms. The van der Waals surface area contributed by atoms with Crippen LogP contribution in [0.5, 0.6) is 0 Å². The van der Waals surface area contributed by atoms with Crippen LogP contribution < -0.4 is 0 Å². The molecule has 1 aliphatic heterocycles. The Labute approximate surface area is 88.0 Å². The van der Waals surface area contributed by atoms with Gasteiger partial charge in [0, 0.05) is 6.04 Å². The molecule has 2 aliphatic rings. The molecule has 0 aromatic rings. The van der Waals surface area contributed by atoms with Crippen LogP contribution in [0.15, 0.2) is 0 Å². The maximum absolute atomic E-state index is 11.5. The number of carboxylic acid groups (broad SMARTS) is 1. The Morgan fingerprint density at radius 1 is 1.67 bits per heavy atom. The van der Waals surface area contributed by atoms with Crippen molar-refractivity contribution in [3.05, 3.63) is 0 Å². The van der Waals surface area contributed by atoms with E-state index >= 15 is 0 Å². The minimum Gasteiger partial charge on any atom is -0.481 e. The first-order chi connectivity index (χ1) is 7.03. The van der Waals surface area contributed by atoms with Crippen LogP contribution >= 0.6 is 0 Å². The van der Waals surface area contributed by atoms with Gasteiger partial charge in [0.1, 0.15) is 6.61 Å². The number of aliphatic carboxylic acids is 1. The first-order valence-corrected chi connectivity index (χ1v) is 5.21. The lowest BCUT2D eigenvalue weighted by Gasteiger charge is -2.41. The Hall–Kier alpha value is -1.26. The maximum Gasteiger partial charge on any atom is 0.410 e. The SMILES string of the molecule is CC1(CC(=O)O)COC(=O)N1C1CCC1. The molecule has 84 valence electrons. The third kappa shape index (κ3) is 1.66. The molecule has 1 N–H and O–H groups in total. The van der Waals surface area contributed by atoms with E-state index in [-0.39, 0.29) is 25.2 Å². The molecule has 5 nitrogen and oxygen atoms in total.